The molecule has 0 radical (unpaired) electrons. The summed E-state index contributed by atoms with van der Waals surface area (Å²) in [6, 6.07) is 7.61. The lowest BCUT2D eigenvalue weighted by Gasteiger charge is -2.25. The lowest BCUT2D eigenvalue weighted by molar-refractivity contribution is -0.182. The predicted molar refractivity (Wildman–Crippen MR) is 66.2 cm³/mol. The molecule has 1 heterocycles. The van der Waals surface area contributed by atoms with Crippen molar-refractivity contribution in [2.45, 2.75) is 45.2 Å². The van der Waals surface area contributed by atoms with Gasteiger partial charge in [-0.25, -0.2) is 4.79 Å². The molecule has 0 saturated carbocycles. The minimum absolute atomic E-state index is 0.605. The van der Waals surface area contributed by atoms with Crippen LogP contribution in [0.2, 0.25) is 0 Å². The van der Waals surface area contributed by atoms with Gasteiger partial charge in [0.2, 0.25) is 0 Å². The SMILES string of the molecule is Cc1ccccc1[C@@H]1OC(C)(C)O[C@@]1(C)C(=O)O. The average molecular weight is 250 g/mol. The van der Waals surface area contributed by atoms with E-state index in [-0.39, 0.29) is 0 Å². The van der Waals surface area contributed by atoms with Gasteiger partial charge in [0, 0.05) is 0 Å². The van der Waals surface area contributed by atoms with Gasteiger partial charge < -0.3 is 14.6 Å². The van der Waals surface area contributed by atoms with E-state index in [0.717, 1.165) is 11.1 Å². The second-order valence-electron chi connectivity index (χ2n) is 5.27. The van der Waals surface area contributed by atoms with Crippen molar-refractivity contribution in [1.82, 2.24) is 0 Å². The van der Waals surface area contributed by atoms with Crippen LogP contribution >= 0.6 is 0 Å². The van der Waals surface area contributed by atoms with Gasteiger partial charge in [0.25, 0.3) is 0 Å². The summed E-state index contributed by atoms with van der Waals surface area (Å²) in [5.41, 5.74) is 0.486. The summed E-state index contributed by atoms with van der Waals surface area (Å²) in [5.74, 6) is -1.92. The maximum atomic E-state index is 11.5. The van der Waals surface area contributed by atoms with Crippen molar-refractivity contribution in [3.05, 3.63) is 35.4 Å². The van der Waals surface area contributed by atoms with Crippen LogP contribution in [0.25, 0.3) is 0 Å². The molecule has 0 bridgehead atoms. The first-order chi connectivity index (χ1) is 8.26. The highest BCUT2D eigenvalue weighted by Gasteiger charge is 2.56. The Labute approximate surface area is 107 Å². The summed E-state index contributed by atoms with van der Waals surface area (Å²) < 4.78 is 11.4. The van der Waals surface area contributed by atoms with Gasteiger partial charge in [-0.05, 0) is 38.8 Å². The van der Waals surface area contributed by atoms with Crippen molar-refractivity contribution in [3.8, 4) is 0 Å². The molecule has 2 rings (SSSR count). The van der Waals surface area contributed by atoms with E-state index >= 15 is 0 Å². The number of aryl methyl sites for hydroxylation is 1. The van der Waals surface area contributed by atoms with Crippen LogP contribution in [0.4, 0.5) is 0 Å². The smallest absolute Gasteiger partial charge is 0.338 e. The lowest BCUT2D eigenvalue weighted by Crippen LogP contribution is -2.41. The fourth-order valence-corrected chi connectivity index (χ4v) is 2.38. The summed E-state index contributed by atoms with van der Waals surface area (Å²) in [5, 5.41) is 9.42. The fraction of sp³-hybridized carbons (Fsp3) is 0.500. The number of aliphatic carboxylic acids is 1. The maximum absolute atomic E-state index is 11.5. The first-order valence-electron chi connectivity index (χ1n) is 5.93. The average Bonchev–Trinajstić information content (AvgIpc) is 2.51. The van der Waals surface area contributed by atoms with Gasteiger partial charge in [-0.2, -0.15) is 0 Å². The molecule has 4 nitrogen and oxygen atoms in total. The topological polar surface area (TPSA) is 55.8 Å². The Hall–Kier alpha value is -1.39. The summed E-state index contributed by atoms with van der Waals surface area (Å²) in [6.07, 6.45) is -0.605. The van der Waals surface area contributed by atoms with Gasteiger partial charge in [0.05, 0.1) is 0 Å². The van der Waals surface area contributed by atoms with Crippen LogP contribution < -0.4 is 0 Å². The Balaban J connectivity index is 2.49. The van der Waals surface area contributed by atoms with Gasteiger partial charge in [0.1, 0.15) is 6.10 Å². The van der Waals surface area contributed by atoms with Crippen LogP contribution in [0.3, 0.4) is 0 Å². The number of carbonyl (C=O) groups is 1. The zero-order chi connectivity index (χ0) is 13.6. The highest BCUT2D eigenvalue weighted by Crippen LogP contribution is 2.46. The van der Waals surface area contributed by atoms with Crippen LogP contribution in [0.5, 0.6) is 0 Å². The van der Waals surface area contributed by atoms with Crippen LogP contribution in [0.1, 0.15) is 38.0 Å². The Kier molecular flexibility index (Phi) is 2.95. The maximum Gasteiger partial charge on any atom is 0.338 e. The second kappa shape index (κ2) is 4.07. The number of rotatable bonds is 2. The number of hydrogen-bond acceptors (Lipinski definition) is 3. The number of benzene rings is 1. The zero-order valence-electron chi connectivity index (χ0n) is 11.1. The molecule has 0 amide bonds. The van der Waals surface area contributed by atoms with Crippen LogP contribution in [-0.4, -0.2) is 22.5 Å². The van der Waals surface area contributed by atoms with Crippen LogP contribution in [0.15, 0.2) is 24.3 Å². The summed E-state index contributed by atoms with van der Waals surface area (Å²) in [4.78, 5) is 11.5. The minimum Gasteiger partial charge on any atom is -0.479 e. The van der Waals surface area contributed by atoms with E-state index in [1.54, 1.807) is 20.8 Å². The third-order valence-corrected chi connectivity index (χ3v) is 3.26. The van der Waals surface area contributed by atoms with E-state index in [1.807, 2.05) is 31.2 Å². The summed E-state index contributed by atoms with van der Waals surface area (Å²) >= 11 is 0. The largest absolute Gasteiger partial charge is 0.479 e. The molecule has 1 fully saturated rings. The molecular weight excluding hydrogens is 232 g/mol. The predicted octanol–water partition coefficient (Wildman–Crippen LogP) is 2.66. The molecule has 4 heteroatoms. The van der Waals surface area contributed by atoms with Crippen molar-refractivity contribution in [2.75, 3.05) is 0 Å². The van der Waals surface area contributed by atoms with E-state index < -0.39 is 23.5 Å². The first kappa shape index (κ1) is 13.1. The number of hydrogen-bond donors (Lipinski definition) is 1. The summed E-state index contributed by atoms with van der Waals surface area (Å²) in [6.45, 7) is 6.95. The van der Waals surface area contributed by atoms with Crippen molar-refractivity contribution >= 4 is 5.97 Å². The number of ether oxygens (including phenoxy) is 2. The van der Waals surface area contributed by atoms with Gasteiger partial charge in [0.15, 0.2) is 11.4 Å². The molecule has 1 N–H and O–H groups in total. The molecule has 0 aliphatic carbocycles. The monoisotopic (exact) mass is 250 g/mol. The molecule has 1 aliphatic heterocycles. The Bertz CT molecular complexity index is 480. The molecule has 1 aromatic carbocycles. The number of carboxylic acids is 1. The van der Waals surface area contributed by atoms with E-state index in [9.17, 15) is 9.90 Å². The van der Waals surface area contributed by atoms with Crippen molar-refractivity contribution in [2.24, 2.45) is 0 Å². The van der Waals surface area contributed by atoms with Crippen molar-refractivity contribution in [1.29, 1.82) is 0 Å². The molecule has 0 spiro atoms. The molecule has 0 unspecified atom stereocenters. The van der Waals surface area contributed by atoms with Gasteiger partial charge in [-0.15, -0.1) is 0 Å². The number of carboxylic acid groups (broad SMARTS) is 1. The minimum atomic E-state index is -1.37. The molecule has 1 aliphatic rings. The Morgan fingerprint density at radius 2 is 1.89 bits per heavy atom. The molecule has 18 heavy (non-hydrogen) atoms. The molecule has 98 valence electrons. The van der Waals surface area contributed by atoms with Crippen LogP contribution in [-0.2, 0) is 14.3 Å². The molecule has 1 aromatic rings. The van der Waals surface area contributed by atoms with Crippen LogP contribution in [0, 0.1) is 6.92 Å². The van der Waals surface area contributed by atoms with E-state index in [2.05, 4.69) is 0 Å². The Morgan fingerprint density at radius 1 is 1.28 bits per heavy atom. The van der Waals surface area contributed by atoms with Gasteiger partial charge >= 0.3 is 5.97 Å². The molecule has 0 aromatic heterocycles. The third kappa shape index (κ3) is 2.02. The standard InChI is InChI=1S/C14H18O4/c1-9-7-5-6-8-10(9)11-14(4,12(15)16)18-13(2,3)17-11/h5-8,11H,1-4H3,(H,15,16)/t11-,14+/m0/s1. The highest BCUT2D eigenvalue weighted by molar-refractivity contribution is 5.78. The summed E-state index contributed by atoms with van der Waals surface area (Å²) in [7, 11) is 0. The van der Waals surface area contributed by atoms with Crippen molar-refractivity contribution < 1.29 is 19.4 Å². The van der Waals surface area contributed by atoms with Gasteiger partial charge in [-0.3, -0.25) is 0 Å². The quantitative estimate of drug-likeness (QED) is 0.876. The second-order valence-corrected chi connectivity index (χ2v) is 5.27. The van der Waals surface area contributed by atoms with Crippen molar-refractivity contribution in [3.63, 3.8) is 0 Å². The molecule has 2 atom stereocenters. The van der Waals surface area contributed by atoms with Gasteiger partial charge in [-0.1, -0.05) is 24.3 Å². The first-order valence-corrected chi connectivity index (χ1v) is 5.93. The third-order valence-electron chi connectivity index (χ3n) is 3.26. The highest BCUT2D eigenvalue weighted by atomic mass is 16.8. The normalized spacial score (nSPS) is 30.3. The molecule has 1 saturated heterocycles. The molecular formula is C14H18O4. The van der Waals surface area contributed by atoms with E-state index in [4.69, 9.17) is 9.47 Å². The lowest BCUT2D eigenvalue weighted by atomic mass is 9.90. The zero-order valence-corrected chi connectivity index (χ0v) is 11.1. The van der Waals surface area contributed by atoms with E-state index in [1.165, 1.54) is 0 Å². The Morgan fingerprint density at radius 3 is 2.44 bits per heavy atom. The fourth-order valence-electron chi connectivity index (χ4n) is 2.38. The van der Waals surface area contributed by atoms with E-state index in [0.29, 0.717) is 0 Å².